The molecule has 4 nitrogen and oxygen atoms in total. The monoisotopic (exact) mass is 265 g/mol. The second kappa shape index (κ2) is 6.04. The fourth-order valence-electron chi connectivity index (χ4n) is 2.74. The molecule has 1 saturated carbocycles. The molecule has 0 amide bonds. The van der Waals surface area contributed by atoms with Crippen LogP contribution in [0.1, 0.15) is 77.4 Å². The Kier molecular flexibility index (Phi) is 4.61. The summed E-state index contributed by atoms with van der Waals surface area (Å²) < 4.78 is 5.36. The van der Waals surface area contributed by atoms with Crippen molar-refractivity contribution in [3.05, 3.63) is 11.7 Å². The van der Waals surface area contributed by atoms with Crippen molar-refractivity contribution in [2.24, 2.45) is 5.92 Å². The molecule has 0 saturated heterocycles. The number of nitrogens with one attached hydrogen (secondary N) is 1. The standard InChI is InChI=1S/C15H27N3O/c1-5-11-7-6-8-12(9-11)14-17-13(19-18-14)10-16-15(2,3)4/h11-12,16H,5-10H2,1-4H3. The van der Waals surface area contributed by atoms with Gasteiger partial charge in [-0.25, -0.2) is 0 Å². The lowest BCUT2D eigenvalue weighted by molar-refractivity contribution is 0.295. The fraction of sp³-hybridized carbons (Fsp3) is 0.867. The maximum Gasteiger partial charge on any atom is 0.240 e. The maximum atomic E-state index is 5.36. The second-order valence-corrected chi connectivity index (χ2v) is 6.79. The van der Waals surface area contributed by atoms with E-state index in [4.69, 9.17) is 4.52 Å². The van der Waals surface area contributed by atoms with Crippen molar-refractivity contribution in [3.63, 3.8) is 0 Å². The molecule has 0 aliphatic heterocycles. The van der Waals surface area contributed by atoms with Gasteiger partial charge in [0.2, 0.25) is 5.89 Å². The van der Waals surface area contributed by atoms with Crippen molar-refractivity contribution in [2.45, 2.75) is 77.8 Å². The SMILES string of the molecule is CCC1CCCC(c2noc(CNC(C)(C)C)n2)C1. The lowest BCUT2D eigenvalue weighted by atomic mass is 9.80. The number of aromatic nitrogens is 2. The predicted molar refractivity (Wildman–Crippen MR) is 75.9 cm³/mol. The van der Waals surface area contributed by atoms with Crippen molar-refractivity contribution in [2.75, 3.05) is 0 Å². The lowest BCUT2D eigenvalue weighted by Gasteiger charge is -2.26. The van der Waals surface area contributed by atoms with Gasteiger partial charge in [-0.1, -0.05) is 31.3 Å². The highest BCUT2D eigenvalue weighted by Crippen LogP contribution is 2.36. The molecule has 2 atom stereocenters. The molecule has 0 radical (unpaired) electrons. The van der Waals surface area contributed by atoms with Gasteiger partial charge in [0.1, 0.15) is 0 Å². The molecular formula is C15H27N3O. The largest absolute Gasteiger partial charge is 0.338 e. The minimum atomic E-state index is 0.0762. The van der Waals surface area contributed by atoms with Gasteiger partial charge in [-0.3, -0.25) is 0 Å². The van der Waals surface area contributed by atoms with Crippen LogP contribution in [0.3, 0.4) is 0 Å². The van der Waals surface area contributed by atoms with E-state index in [1.807, 2.05) is 0 Å². The zero-order valence-electron chi connectivity index (χ0n) is 12.7. The molecule has 1 aliphatic carbocycles. The van der Waals surface area contributed by atoms with Gasteiger partial charge in [-0.2, -0.15) is 4.98 Å². The van der Waals surface area contributed by atoms with Crippen LogP contribution in [0.5, 0.6) is 0 Å². The zero-order valence-corrected chi connectivity index (χ0v) is 12.7. The molecule has 0 aromatic carbocycles. The Hall–Kier alpha value is -0.900. The molecule has 4 heteroatoms. The van der Waals surface area contributed by atoms with Gasteiger partial charge in [0.15, 0.2) is 5.82 Å². The first-order valence-electron chi connectivity index (χ1n) is 7.55. The number of hydrogen-bond acceptors (Lipinski definition) is 4. The molecule has 1 aromatic rings. The van der Waals surface area contributed by atoms with Gasteiger partial charge in [0, 0.05) is 11.5 Å². The third-order valence-electron chi connectivity index (χ3n) is 3.98. The smallest absolute Gasteiger partial charge is 0.240 e. The summed E-state index contributed by atoms with van der Waals surface area (Å²) in [5, 5.41) is 7.56. The summed E-state index contributed by atoms with van der Waals surface area (Å²) in [5.74, 6) is 2.98. The van der Waals surface area contributed by atoms with Crippen LogP contribution in [-0.4, -0.2) is 15.7 Å². The van der Waals surface area contributed by atoms with Crippen molar-refractivity contribution >= 4 is 0 Å². The first-order valence-corrected chi connectivity index (χ1v) is 7.55. The van der Waals surface area contributed by atoms with E-state index in [0.717, 1.165) is 11.7 Å². The van der Waals surface area contributed by atoms with Crippen molar-refractivity contribution < 1.29 is 4.52 Å². The van der Waals surface area contributed by atoms with Crippen molar-refractivity contribution in [1.29, 1.82) is 0 Å². The molecule has 1 N–H and O–H groups in total. The summed E-state index contributed by atoms with van der Waals surface area (Å²) >= 11 is 0. The quantitative estimate of drug-likeness (QED) is 0.903. The van der Waals surface area contributed by atoms with Gasteiger partial charge in [0.05, 0.1) is 6.54 Å². The summed E-state index contributed by atoms with van der Waals surface area (Å²) in [5.41, 5.74) is 0.0762. The Morgan fingerprint density at radius 3 is 2.79 bits per heavy atom. The van der Waals surface area contributed by atoms with Gasteiger partial charge in [-0.15, -0.1) is 0 Å². The molecule has 2 rings (SSSR count). The van der Waals surface area contributed by atoms with Gasteiger partial charge in [-0.05, 0) is 39.5 Å². The minimum absolute atomic E-state index is 0.0762. The average molecular weight is 265 g/mol. The van der Waals surface area contributed by atoms with Crippen molar-refractivity contribution in [1.82, 2.24) is 15.5 Å². The predicted octanol–water partition coefficient (Wildman–Crippen LogP) is 3.64. The van der Waals surface area contributed by atoms with E-state index in [0.29, 0.717) is 18.4 Å². The lowest BCUT2D eigenvalue weighted by Crippen LogP contribution is -2.35. The topological polar surface area (TPSA) is 51.0 Å². The van der Waals surface area contributed by atoms with Crippen LogP contribution in [0.2, 0.25) is 0 Å². The van der Waals surface area contributed by atoms with Crippen LogP contribution in [0.4, 0.5) is 0 Å². The molecule has 1 heterocycles. The van der Waals surface area contributed by atoms with E-state index >= 15 is 0 Å². The number of nitrogens with zero attached hydrogens (tertiary/aromatic N) is 2. The zero-order chi connectivity index (χ0) is 13.9. The van der Waals surface area contributed by atoms with Crippen LogP contribution < -0.4 is 5.32 Å². The molecule has 1 fully saturated rings. The van der Waals surface area contributed by atoms with Gasteiger partial charge >= 0.3 is 0 Å². The van der Waals surface area contributed by atoms with Gasteiger partial charge < -0.3 is 9.84 Å². The third-order valence-corrected chi connectivity index (χ3v) is 3.98. The summed E-state index contributed by atoms with van der Waals surface area (Å²) in [6, 6.07) is 0. The van der Waals surface area contributed by atoms with Crippen LogP contribution in [0, 0.1) is 5.92 Å². The van der Waals surface area contributed by atoms with E-state index in [1.165, 1.54) is 32.1 Å². The normalized spacial score (nSPS) is 24.6. The Morgan fingerprint density at radius 2 is 2.11 bits per heavy atom. The van der Waals surface area contributed by atoms with Crippen molar-refractivity contribution in [3.8, 4) is 0 Å². The highest BCUT2D eigenvalue weighted by molar-refractivity contribution is 4.98. The summed E-state index contributed by atoms with van der Waals surface area (Å²) in [6.45, 7) is 9.34. The summed E-state index contributed by atoms with van der Waals surface area (Å²) in [7, 11) is 0. The Labute approximate surface area is 116 Å². The van der Waals surface area contributed by atoms with E-state index in [9.17, 15) is 0 Å². The highest BCUT2D eigenvalue weighted by Gasteiger charge is 2.26. The highest BCUT2D eigenvalue weighted by atomic mass is 16.5. The first kappa shape index (κ1) is 14.5. The van der Waals surface area contributed by atoms with Crippen LogP contribution in [-0.2, 0) is 6.54 Å². The number of hydrogen-bond donors (Lipinski definition) is 1. The van der Waals surface area contributed by atoms with E-state index in [-0.39, 0.29) is 5.54 Å². The molecule has 0 bridgehead atoms. The summed E-state index contributed by atoms with van der Waals surface area (Å²) in [6.07, 6.45) is 6.37. The van der Waals surface area contributed by atoms with E-state index < -0.39 is 0 Å². The maximum absolute atomic E-state index is 5.36. The third kappa shape index (κ3) is 4.30. The molecule has 2 unspecified atom stereocenters. The van der Waals surface area contributed by atoms with Crippen LogP contribution in [0.25, 0.3) is 0 Å². The van der Waals surface area contributed by atoms with E-state index in [2.05, 4.69) is 43.2 Å². The molecule has 108 valence electrons. The van der Waals surface area contributed by atoms with E-state index in [1.54, 1.807) is 0 Å². The Bertz CT molecular complexity index is 394. The molecule has 1 aromatic heterocycles. The van der Waals surface area contributed by atoms with Crippen LogP contribution in [0.15, 0.2) is 4.52 Å². The molecule has 0 spiro atoms. The fourth-order valence-corrected chi connectivity index (χ4v) is 2.74. The summed E-state index contributed by atoms with van der Waals surface area (Å²) in [4.78, 5) is 4.57. The van der Waals surface area contributed by atoms with Crippen LogP contribution >= 0.6 is 0 Å². The molecule has 19 heavy (non-hydrogen) atoms. The average Bonchev–Trinajstić information content (AvgIpc) is 2.84. The van der Waals surface area contributed by atoms with Gasteiger partial charge in [0.25, 0.3) is 0 Å². The Morgan fingerprint density at radius 1 is 1.32 bits per heavy atom. The number of rotatable bonds is 4. The minimum Gasteiger partial charge on any atom is -0.338 e. The second-order valence-electron chi connectivity index (χ2n) is 6.79. The first-order chi connectivity index (χ1) is 8.98. The Balaban J connectivity index is 1.93. The molecule has 1 aliphatic rings. The molecular weight excluding hydrogens is 238 g/mol.